The third kappa shape index (κ3) is 18.6. The highest BCUT2D eigenvalue weighted by Crippen LogP contribution is 1.99. The summed E-state index contributed by atoms with van der Waals surface area (Å²) < 4.78 is 0. The third-order valence-corrected chi connectivity index (χ3v) is 1.68. The molecule has 0 radical (unpaired) electrons. The minimum Gasteiger partial charge on any atom is -0.479 e. The van der Waals surface area contributed by atoms with Gasteiger partial charge in [-0.25, -0.2) is 4.79 Å². The van der Waals surface area contributed by atoms with Crippen LogP contribution in [-0.4, -0.2) is 28.1 Å². The number of aliphatic hydroxyl groups excluding tert-OH is 1. The van der Waals surface area contributed by atoms with Crippen LogP contribution in [-0.2, 0) is 9.59 Å². The van der Waals surface area contributed by atoms with Gasteiger partial charge in [0.15, 0.2) is 5.78 Å². The second kappa shape index (κ2) is 11.9. The van der Waals surface area contributed by atoms with Crippen molar-refractivity contribution in [3.05, 3.63) is 12.2 Å². The van der Waals surface area contributed by atoms with E-state index in [1.165, 1.54) is 26.2 Å². The van der Waals surface area contributed by atoms with Gasteiger partial charge in [-0.1, -0.05) is 25.8 Å². The number of carbonyl (C=O) groups excluding carboxylic acids is 1. The molecule has 1 unspecified atom stereocenters. The molecule has 0 spiro atoms. The molecule has 4 nitrogen and oxygen atoms in total. The summed E-state index contributed by atoms with van der Waals surface area (Å²) in [5.74, 6) is -1.04. The molecule has 0 heterocycles. The average molecular weight is 230 g/mol. The zero-order valence-electron chi connectivity index (χ0n) is 10.3. The number of hydrogen-bond donors (Lipinski definition) is 2. The predicted molar refractivity (Wildman–Crippen MR) is 63.3 cm³/mol. The fourth-order valence-corrected chi connectivity index (χ4v) is 0.761. The number of aliphatic carboxylic acids is 1. The van der Waals surface area contributed by atoms with Gasteiger partial charge in [0.2, 0.25) is 0 Å². The van der Waals surface area contributed by atoms with Crippen LogP contribution in [0.25, 0.3) is 0 Å². The van der Waals surface area contributed by atoms with Crippen molar-refractivity contribution >= 4 is 11.8 Å². The maximum Gasteiger partial charge on any atom is 0.332 e. The summed E-state index contributed by atoms with van der Waals surface area (Å²) in [6.45, 7) is 4.95. The predicted octanol–water partition coefficient (Wildman–Crippen LogP) is 2.16. The molecule has 94 valence electrons. The first kappa shape index (κ1) is 17.2. The standard InChI is InChI=1S/C9H16O.C3H6O3/c1-3-4-5-6-7-8-9(2)10;1-2(4)3(5)6/h7-8H,3-6H2,1-2H3;2,4H,1H3,(H,5,6). The average Bonchev–Trinajstić information content (AvgIpc) is 2.18. The van der Waals surface area contributed by atoms with E-state index in [0.29, 0.717) is 0 Å². The Balaban J connectivity index is 0. The van der Waals surface area contributed by atoms with E-state index in [-0.39, 0.29) is 5.78 Å². The van der Waals surface area contributed by atoms with E-state index < -0.39 is 12.1 Å². The van der Waals surface area contributed by atoms with Crippen LogP contribution in [0.15, 0.2) is 12.2 Å². The Morgan fingerprint density at radius 3 is 2.12 bits per heavy atom. The summed E-state index contributed by atoms with van der Waals surface area (Å²) in [6, 6.07) is 0. The number of carboxylic acid groups (broad SMARTS) is 1. The van der Waals surface area contributed by atoms with E-state index in [0.717, 1.165) is 6.42 Å². The summed E-state index contributed by atoms with van der Waals surface area (Å²) in [6.07, 6.45) is 7.14. The van der Waals surface area contributed by atoms with Gasteiger partial charge in [0.25, 0.3) is 0 Å². The Morgan fingerprint density at radius 2 is 1.81 bits per heavy atom. The lowest BCUT2D eigenvalue weighted by Crippen LogP contribution is -2.13. The summed E-state index contributed by atoms with van der Waals surface area (Å²) in [5, 5.41) is 15.8. The monoisotopic (exact) mass is 230 g/mol. The van der Waals surface area contributed by atoms with Crippen molar-refractivity contribution in [2.24, 2.45) is 0 Å². The van der Waals surface area contributed by atoms with Crippen LogP contribution in [0.5, 0.6) is 0 Å². The molecule has 0 aromatic rings. The molecule has 4 heteroatoms. The summed E-state index contributed by atoms with van der Waals surface area (Å²) >= 11 is 0. The second-order valence-corrected chi connectivity index (χ2v) is 3.52. The lowest BCUT2D eigenvalue weighted by Gasteiger charge is -1.89. The van der Waals surface area contributed by atoms with E-state index in [1.54, 1.807) is 13.0 Å². The van der Waals surface area contributed by atoms with Crippen LogP contribution in [0.2, 0.25) is 0 Å². The molecule has 0 aromatic carbocycles. The van der Waals surface area contributed by atoms with Crippen molar-refractivity contribution in [3.63, 3.8) is 0 Å². The van der Waals surface area contributed by atoms with Gasteiger partial charge in [-0.05, 0) is 32.8 Å². The fourth-order valence-electron chi connectivity index (χ4n) is 0.761. The molecule has 0 aliphatic rings. The minimum atomic E-state index is -1.23. The summed E-state index contributed by atoms with van der Waals surface area (Å²) in [5.41, 5.74) is 0. The highest BCUT2D eigenvalue weighted by Gasteiger charge is 2.01. The molecule has 0 fully saturated rings. The molecule has 0 rings (SSSR count). The molecular formula is C12H22O4. The van der Waals surface area contributed by atoms with Crippen LogP contribution >= 0.6 is 0 Å². The van der Waals surface area contributed by atoms with Crippen LogP contribution in [0, 0.1) is 0 Å². The SMILES string of the molecule is CC(O)C(=O)O.CCCCCC=CC(C)=O. The lowest BCUT2D eigenvalue weighted by atomic mass is 10.2. The van der Waals surface area contributed by atoms with Gasteiger partial charge >= 0.3 is 5.97 Å². The topological polar surface area (TPSA) is 74.6 Å². The number of allylic oxidation sites excluding steroid dienone is 2. The maximum absolute atomic E-state index is 10.4. The number of carbonyl (C=O) groups is 2. The molecule has 0 bridgehead atoms. The van der Waals surface area contributed by atoms with Crippen LogP contribution in [0.4, 0.5) is 0 Å². The van der Waals surface area contributed by atoms with Crippen LogP contribution in [0.1, 0.15) is 46.5 Å². The Bertz CT molecular complexity index is 219. The molecule has 0 saturated carbocycles. The first-order valence-corrected chi connectivity index (χ1v) is 5.49. The minimum absolute atomic E-state index is 0.150. The van der Waals surface area contributed by atoms with Gasteiger partial charge in [0.05, 0.1) is 0 Å². The molecule has 0 aliphatic carbocycles. The van der Waals surface area contributed by atoms with E-state index in [1.807, 2.05) is 6.08 Å². The maximum atomic E-state index is 10.4. The van der Waals surface area contributed by atoms with Crippen molar-refractivity contribution in [3.8, 4) is 0 Å². The summed E-state index contributed by atoms with van der Waals surface area (Å²) in [4.78, 5) is 19.8. The number of ketones is 1. The molecule has 1 atom stereocenters. The molecule has 0 aliphatic heterocycles. The van der Waals surface area contributed by atoms with Crippen molar-refractivity contribution in [2.45, 2.75) is 52.6 Å². The zero-order chi connectivity index (χ0) is 13.0. The number of carboxylic acids is 1. The largest absolute Gasteiger partial charge is 0.479 e. The van der Waals surface area contributed by atoms with Crippen LogP contribution in [0.3, 0.4) is 0 Å². The van der Waals surface area contributed by atoms with Crippen molar-refractivity contribution in [1.29, 1.82) is 0 Å². The highest BCUT2D eigenvalue weighted by atomic mass is 16.4. The van der Waals surface area contributed by atoms with Crippen molar-refractivity contribution < 1.29 is 19.8 Å². The van der Waals surface area contributed by atoms with E-state index in [2.05, 4.69) is 6.92 Å². The number of hydrogen-bond acceptors (Lipinski definition) is 3. The van der Waals surface area contributed by atoms with Gasteiger partial charge in [-0.15, -0.1) is 0 Å². The Kier molecular flexibility index (Phi) is 12.8. The zero-order valence-corrected chi connectivity index (χ0v) is 10.3. The molecule has 0 aromatic heterocycles. The third-order valence-electron chi connectivity index (χ3n) is 1.68. The smallest absolute Gasteiger partial charge is 0.332 e. The summed E-state index contributed by atoms with van der Waals surface area (Å²) in [7, 11) is 0. The van der Waals surface area contributed by atoms with E-state index >= 15 is 0 Å². The molecule has 2 N–H and O–H groups in total. The van der Waals surface area contributed by atoms with Gasteiger partial charge in [-0.3, -0.25) is 4.79 Å². The van der Waals surface area contributed by atoms with Crippen molar-refractivity contribution in [1.82, 2.24) is 0 Å². The van der Waals surface area contributed by atoms with Gasteiger partial charge in [0, 0.05) is 0 Å². The number of rotatable bonds is 6. The normalized spacial score (nSPS) is 11.8. The molecule has 0 saturated heterocycles. The van der Waals surface area contributed by atoms with Gasteiger partial charge in [0.1, 0.15) is 6.10 Å². The number of unbranched alkanes of at least 4 members (excludes halogenated alkanes) is 3. The fraction of sp³-hybridized carbons (Fsp3) is 0.667. The lowest BCUT2D eigenvalue weighted by molar-refractivity contribution is -0.145. The first-order valence-electron chi connectivity index (χ1n) is 5.49. The Hall–Kier alpha value is -1.16. The van der Waals surface area contributed by atoms with E-state index in [9.17, 15) is 9.59 Å². The Morgan fingerprint density at radius 1 is 1.31 bits per heavy atom. The second-order valence-electron chi connectivity index (χ2n) is 3.52. The Labute approximate surface area is 97.0 Å². The number of aliphatic hydroxyl groups is 1. The molecule has 16 heavy (non-hydrogen) atoms. The van der Waals surface area contributed by atoms with Gasteiger partial charge < -0.3 is 10.2 Å². The quantitative estimate of drug-likeness (QED) is 0.541. The van der Waals surface area contributed by atoms with Crippen LogP contribution < -0.4 is 0 Å². The highest BCUT2D eigenvalue weighted by molar-refractivity contribution is 5.87. The molecule has 0 amide bonds. The molecular weight excluding hydrogens is 208 g/mol. The van der Waals surface area contributed by atoms with Gasteiger partial charge in [-0.2, -0.15) is 0 Å². The van der Waals surface area contributed by atoms with Crippen molar-refractivity contribution in [2.75, 3.05) is 0 Å². The first-order chi connectivity index (χ1) is 7.41. The van der Waals surface area contributed by atoms with E-state index in [4.69, 9.17) is 10.2 Å².